The van der Waals surface area contributed by atoms with Crippen LogP contribution in [0.1, 0.15) is 46.2 Å². The van der Waals surface area contributed by atoms with Crippen molar-refractivity contribution in [2.75, 3.05) is 26.4 Å². The van der Waals surface area contributed by atoms with Gasteiger partial charge in [-0.2, -0.15) is 0 Å². The lowest BCUT2D eigenvalue weighted by Crippen LogP contribution is -2.54. The number of fused-ring (bicyclic) bond motifs is 1. The van der Waals surface area contributed by atoms with Crippen LogP contribution < -0.4 is 10.1 Å². The van der Waals surface area contributed by atoms with Crippen LogP contribution in [0.15, 0.2) is 24.4 Å². The van der Waals surface area contributed by atoms with E-state index in [9.17, 15) is 19.2 Å². The van der Waals surface area contributed by atoms with Gasteiger partial charge in [0.25, 0.3) is 11.8 Å². The first-order valence-corrected chi connectivity index (χ1v) is 11.0. The molecule has 0 radical (unpaired) electrons. The van der Waals surface area contributed by atoms with Crippen LogP contribution in [0.2, 0.25) is 0 Å². The first-order valence-electron chi connectivity index (χ1n) is 11.0. The molecule has 1 aromatic heterocycles. The SMILES string of the molecule is CCOCCOCCn1cc(COc2cccc3c2C(=O)N(C2CCC(=O)NC2=O)C3=O)nn1. The highest BCUT2D eigenvalue weighted by atomic mass is 16.5. The van der Waals surface area contributed by atoms with Gasteiger partial charge in [-0.3, -0.25) is 29.4 Å². The molecule has 1 atom stereocenters. The maximum atomic E-state index is 13.1. The van der Waals surface area contributed by atoms with Crippen LogP contribution in [0.3, 0.4) is 0 Å². The van der Waals surface area contributed by atoms with Crippen LogP contribution in [0, 0.1) is 0 Å². The highest BCUT2D eigenvalue weighted by Gasteiger charge is 2.46. The highest BCUT2D eigenvalue weighted by Crippen LogP contribution is 2.33. The molecule has 0 aliphatic carbocycles. The van der Waals surface area contributed by atoms with Gasteiger partial charge in [0.1, 0.15) is 24.1 Å². The molecule has 12 heteroatoms. The van der Waals surface area contributed by atoms with Crippen LogP contribution >= 0.6 is 0 Å². The molecule has 0 bridgehead atoms. The number of imide groups is 2. The van der Waals surface area contributed by atoms with E-state index in [0.717, 1.165) is 4.90 Å². The lowest BCUT2D eigenvalue weighted by Gasteiger charge is -2.27. The van der Waals surface area contributed by atoms with Crippen LogP contribution in [0.25, 0.3) is 0 Å². The van der Waals surface area contributed by atoms with Crippen molar-refractivity contribution in [3.63, 3.8) is 0 Å². The van der Waals surface area contributed by atoms with Gasteiger partial charge in [-0.25, -0.2) is 4.68 Å². The third-order valence-corrected chi connectivity index (χ3v) is 5.43. The number of amides is 4. The predicted molar refractivity (Wildman–Crippen MR) is 115 cm³/mol. The van der Waals surface area contributed by atoms with E-state index in [1.807, 2.05) is 6.92 Å². The van der Waals surface area contributed by atoms with Gasteiger partial charge in [-0.15, -0.1) is 5.10 Å². The lowest BCUT2D eigenvalue weighted by atomic mass is 10.0. The van der Waals surface area contributed by atoms with Gasteiger partial charge in [-0.1, -0.05) is 11.3 Å². The van der Waals surface area contributed by atoms with Crippen LogP contribution in [-0.4, -0.2) is 76.0 Å². The van der Waals surface area contributed by atoms with E-state index >= 15 is 0 Å². The highest BCUT2D eigenvalue weighted by molar-refractivity contribution is 6.24. The molecule has 4 rings (SSSR count). The Morgan fingerprint density at radius 3 is 2.71 bits per heavy atom. The molecule has 2 aromatic rings. The molecule has 1 unspecified atom stereocenters. The van der Waals surface area contributed by atoms with Crippen molar-refractivity contribution in [3.05, 3.63) is 41.2 Å². The Hall–Kier alpha value is -3.64. The van der Waals surface area contributed by atoms with Crippen molar-refractivity contribution in [3.8, 4) is 5.75 Å². The molecule has 1 N–H and O–H groups in total. The third kappa shape index (κ3) is 4.97. The van der Waals surface area contributed by atoms with Crippen LogP contribution in [-0.2, 0) is 32.2 Å². The molecule has 1 fully saturated rings. The minimum Gasteiger partial charge on any atom is -0.486 e. The zero-order chi connectivity index (χ0) is 24.1. The molecule has 1 aromatic carbocycles. The standard InChI is InChI=1S/C22H25N5O7/c1-2-32-10-11-33-9-8-26-12-14(24-25-26)13-34-17-5-3-4-15-19(17)22(31)27(21(15)30)16-6-7-18(28)23-20(16)29/h3-5,12,16H,2,6-11,13H2,1H3,(H,23,28,29). The Kier molecular flexibility index (Phi) is 7.28. The number of nitrogens with one attached hydrogen (secondary N) is 1. The van der Waals surface area contributed by atoms with Crippen LogP contribution in [0.4, 0.5) is 0 Å². The molecule has 2 aliphatic rings. The van der Waals surface area contributed by atoms with Gasteiger partial charge in [0.05, 0.1) is 43.7 Å². The van der Waals surface area contributed by atoms with Crippen molar-refractivity contribution in [2.45, 2.75) is 39.0 Å². The monoisotopic (exact) mass is 471 g/mol. The number of benzene rings is 1. The summed E-state index contributed by atoms with van der Waals surface area (Å²) in [5.74, 6) is -2.09. The van der Waals surface area contributed by atoms with E-state index in [1.54, 1.807) is 23.0 Å². The van der Waals surface area contributed by atoms with Crippen molar-refractivity contribution < 1.29 is 33.4 Å². The van der Waals surface area contributed by atoms with Gasteiger partial charge in [0.15, 0.2) is 0 Å². The smallest absolute Gasteiger partial charge is 0.266 e. The Bertz CT molecular complexity index is 1100. The summed E-state index contributed by atoms with van der Waals surface area (Å²) in [6.45, 7) is 4.60. The molecule has 4 amide bonds. The molecular weight excluding hydrogens is 446 g/mol. The van der Waals surface area contributed by atoms with E-state index in [4.69, 9.17) is 14.2 Å². The largest absolute Gasteiger partial charge is 0.486 e. The minimum atomic E-state index is -1.03. The number of piperidine rings is 1. The summed E-state index contributed by atoms with van der Waals surface area (Å²) in [6, 6.07) is 3.66. The number of carbonyl (C=O) groups excluding carboxylic acids is 4. The zero-order valence-electron chi connectivity index (χ0n) is 18.7. The molecule has 180 valence electrons. The summed E-state index contributed by atoms with van der Waals surface area (Å²) < 4.78 is 18.1. The Morgan fingerprint density at radius 2 is 1.91 bits per heavy atom. The Labute approximate surface area is 195 Å². The summed E-state index contributed by atoms with van der Waals surface area (Å²) in [5.41, 5.74) is 0.776. The van der Waals surface area contributed by atoms with E-state index in [0.29, 0.717) is 38.7 Å². The minimum absolute atomic E-state index is 0.0293. The van der Waals surface area contributed by atoms with Gasteiger partial charge in [-0.05, 0) is 25.5 Å². The van der Waals surface area contributed by atoms with E-state index in [2.05, 4.69) is 15.6 Å². The predicted octanol–water partition coefficient (Wildman–Crippen LogP) is 0.311. The average molecular weight is 471 g/mol. The molecular formula is C22H25N5O7. The number of nitrogens with zero attached hydrogens (tertiary/aromatic N) is 4. The molecule has 34 heavy (non-hydrogen) atoms. The molecule has 2 aliphatic heterocycles. The zero-order valence-corrected chi connectivity index (χ0v) is 18.7. The average Bonchev–Trinajstić information content (AvgIpc) is 3.38. The van der Waals surface area contributed by atoms with Crippen molar-refractivity contribution in [1.29, 1.82) is 0 Å². The maximum absolute atomic E-state index is 13.1. The maximum Gasteiger partial charge on any atom is 0.266 e. The van der Waals surface area contributed by atoms with E-state index in [1.165, 1.54) is 6.07 Å². The number of hydrogen-bond acceptors (Lipinski definition) is 9. The van der Waals surface area contributed by atoms with Crippen molar-refractivity contribution in [1.82, 2.24) is 25.2 Å². The Balaban J connectivity index is 1.38. The van der Waals surface area contributed by atoms with Crippen molar-refractivity contribution >= 4 is 23.6 Å². The molecule has 1 saturated heterocycles. The molecule has 12 nitrogen and oxygen atoms in total. The van der Waals surface area contributed by atoms with E-state index in [-0.39, 0.29) is 36.3 Å². The molecule has 3 heterocycles. The first kappa shape index (κ1) is 23.5. The number of ether oxygens (including phenoxy) is 3. The number of carbonyl (C=O) groups is 4. The summed E-state index contributed by atoms with van der Waals surface area (Å²) in [6.07, 6.45) is 1.85. The second-order valence-electron chi connectivity index (χ2n) is 7.70. The topological polar surface area (TPSA) is 142 Å². The van der Waals surface area contributed by atoms with Gasteiger partial charge in [0.2, 0.25) is 11.8 Å². The third-order valence-electron chi connectivity index (χ3n) is 5.43. The first-order chi connectivity index (χ1) is 16.5. The summed E-state index contributed by atoms with van der Waals surface area (Å²) in [4.78, 5) is 50.5. The molecule has 0 spiro atoms. The van der Waals surface area contributed by atoms with Gasteiger partial charge in [0, 0.05) is 13.0 Å². The lowest BCUT2D eigenvalue weighted by molar-refractivity contribution is -0.136. The summed E-state index contributed by atoms with van der Waals surface area (Å²) in [5, 5.41) is 10.3. The fourth-order valence-electron chi connectivity index (χ4n) is 3.79. The Morgan fingerprint density at radius 1 is 1.09 bits per heavy atom. The second kappa shape index (κ2) is 10.5. The molecule has 0 saturated carbocycles. The second-order valence-corrected chi connectivity index (χ2v) is 7.70. The van der Waals surface area contributed by atoms with Crippen molar-refractivity contribution in [2.24, 2.45) is 0 Å². The van der Waals surface area contributed by atoms with E-state index < -0.39 is 29.7 Å². The number of aromatic nitrogens is 3. The van der Waals surface area contributed by atoms with Gasteiger partial charge >= 0.3 is 0 Å². The normalized spacial score (nSPS) is 17.8. The van der Waals surface area contributed by atoms with Crippen LogP contribution in [0.5, 0.6) is 5.75 Å². The number of rotatable bonds is 11. The fourth-order valence-corrected chi connectivity index (χ4v) is 3.79. The summed E-state index contributed by atoms with van der Waals surface area (Å²) >= 11 is 0. The quantitative estimate of drug-likeness (QED) is 0.362. The fraction of sp³-hybridized carbons (Fsp3) is 0.455. The van der Waals surface area contributed by atoms with Gasteiger partial charge < -0.3 is 14.2 Å². The number of hydrogen-bond donors (Lipinski definition) is 1. The summed E-state index contributed by atoms with van der Waals surface area (Å²) in [7, 11) is 0.